The molecule has 1 fully saturated rings. The summed E-state index contributed by atoms with van der Waals surface area (Å²) >= 11 is 1.30. The minimum Gasteiger partial charge on any atom is -0.507 e. The number of hydrogen-bond donors (Lipinski definition) is 1. The minimum absolute atomic E-state index is 0.0680. The fourth-order valence-corrected chi connectivity index (χ4v) is 5.77. The maximum absolute atomic E-state index is 13.6. The lowest BCUT2D eigenvalue weighted by Gasteiger charge is -2.25. The molecule has 0 unspecified atom stereocenters. The number of aryl methyl sites for hydroxylation is 2. The third kappa shape index (κ3) is 4.14. The van der Waals surface area contributed by atoms with E-state index >= 15 is 0 Å². The average molecular weight is 531 g/mol. The molecule has 2 heterocycles. The van der Waals surface area contributed by atoms with Crippen LogP contribution in [0.3, 0.4) is 0 Å². The second-order valence-corrected chi connectivity index (χ2v) is 9.94. The van der Waals surface area contributed by atoms with E-state index in [0.717, 1.165) is 15.8 Å². The third-order valence-electron chi connectivity index (χ3n) is 6.58. The average Bonchev–Trinajstić information content (AvgIpc) is 3.45. The summed E-state index contributed by atoms with van der Waals surface area (Å²) in [4.78, 5) is 33.2. The molecule has 3 aromatic carbocycles. The van der Waals surface area contributed by atoms with Crippen LogP contribution in [0.25, 0.3) is 16.0 Å². The van der Waals surface area contributed by atoms with Crippen LogP contribution >= 0.6 is 11.3 Å². The van der Waals surface area contributed by atoms with Crippen molar-refractivity contribution in [3.05, 3.63) is 82.4 Å². The maximum atomic E-state index is 13.6. The Bertz CT molecular complexity index is 1620. The summed E-state index contributed by atoms with van der Waals surface area (Å²) in [6.45, 7) is 3.81. The highest BCUT2D eigenvalue weighted by Gasteiger charge is 2.49. The first-order chi connectivity index (χ1) is 18.3. The Morgan fingerprint density at radius 1 is 0.921 bits per heavy atom. The van der Waals surface area contributed by atoms with E-state index in [4.69, 9.17) is 14.2 Å². The molecule has 1 saturated heterocycles. The topological polar surface area (TPSA) is 98.2 Å². The molecule has 5 rings (SSSR count). The number of carbonyl (C=O) groups is 2. The van der Waals surface area contributed by atoms with Crippen LogP contribution in [-0.2, 0) is 9.59 Å². The smallest absolute Gasteiger partial charge is 0.301 e. The number of benzene rings is 3. The molecule has 1 aliphatic heterocycles. The Labute approximate surface area is 223 Å². The quantitative estimate of drug-likeness (QED) is 0.198. The van der Waals surface area contributed by atoms with Crippen molar-refractivity contribution in [2.24, 2.45) is 0 Å². The number of fused-ring (bicyclic) bond motifs is 1. The van der Waals surface area contributed by atoms with Gasteiger partial charge in [-0.25, -0.2) is 4.98 Å². The van der Waals surface area contributed by atoms with E-state index in [1.165, 1.54) is 30.5 Å². The number of ketones is 1. The first-order valence-corrected chi connectivity index (χ1v) is 12.6. The molecule has 8 nitrogen and oxygen atoms in total. The van der Waals surface area contributed by atoms with Crippen LogP contribution in [0.2, 0.25) is 0 Å². The number of rotatable bonds is 6. The van der Waals surface area contributed by atoms with E-state index < -0.39 is 17.7 Å². The van der Waals surface area contributed by atoms with Gasteiger partial charge in [-0.2, -0.15) is 0 Å². The van der Waals surface area contributed by atoms with Crippen molar-refractivity contribution >= 4 is 44.1 Å². The number of hydrogen-bond acceptors (Lipinski definition) is 8. The van der Waals surface area contributed by atoms with Crippen molar-refractivity contribution in [1.82, 2.24) is 4.98 Å². The molecule has 9 heteroatoms. The number of nitrogens with zero attached hydrogens (tertiary/aromatic N) is 2. The fourth-order valence-electron chi connectivity index (χ4n) is 4.68. The first-order valence-electron chi connectivity index (χ1n) is 11.8. The largest absolute Gasteiger partial charge is 0.507 e. The van der Waals surface area contributed by atoms with Crippen LogP contribution in [0.1, 0.15) is 28.3 Å². The zero-order valence-electron chi connectivity index (χ0n) is 21.6. The second kappa shape index (κ2) is 9.83. The van der Waals surface area contributed by atoms with Crippen LogP contribution < -0.4 is 19.1 Å². The minimum atomic E-state index is -1.01. The number of Topliss-reactive ketones (excluding diaryl/α,β-unsaturated/α-hetero) is 1. The molecule has 1 aromatic heterocycles. The summed E-state index contributed by atoms with van der Waals surface area (Å²) in [6.07, 6.45) is 0. The first kappa shape index (κ1) is 25.3. The number of aliphatic hydroxyl groups excluding tert-OH is 1. The summed E-state index contributed by atoms with van der Waals surface area (Å²) in [7, 11) is 4.59. The van der Waals surface area contributed by atoms with Crippen LogP contribution in [0.4, 0.5) is 5.13 Å². The van der Waals surface area contributed by atoms with Crippen LogP contribution in [-0.4, -0.2) is 43.1 Å². The number of amides is 1. The van der Waals surface area contributed by atoms with Gasteiger partial charge in [0.15, 0.2) is 5.13 Å². The van der Waals surface area contributed by atoms with Crippen LogP contribution in [0.15, 0.2) is 60.2 Å². The Balaban J connectivity index is 1.78. The predicted octanol–water partition coefficient (Wildman–Crippen LogP) is 5.57. The zero-order valence-corrected chi connectivity index (χ0v) is 22.4. The Hall–Kier alpha value is -4.37. The number of aliphatic hydroxyl groups is 1. The van der Waals surface area contributed by atoms with Gasteiger partial charge in [0.2, 0.25) is 0 Å². The van der Waals surface area contributed by atoms with Gasteiger partial charge in [0.25, 0.3) is 5.78 Å². The van der Waals surface area contributed by atoms with Crippen molar-refractivity contribution in [1.29, 1.82) is 0 Å². The molecule has 4 aromatic rings. The number of aromatic nitrogens is 1. The van der Waals surface area contributed by atoms with Gasteiger partial charge in [-0.3, -0.25) is 14.5 Å². The molecule has 0 saturated carbocycles. The summed E-state index contributed by atoms with van der Waals surface area (Å²) < 4.78 is 17.3. The lowest BCUT2D eigenvalue weighted by Crippen LogP contribution is -2.29. The molecule has 1 atom stereocenters. The Morgan fingerprint density at radius 2 is 1.66 bits per heavy atom. The van der Waals surface area contributed by atoms with Gasteiger partial charge in [0.1, 0.15) is 29.0 Å². The zero-order chi connectivity index (χ0) is 27.1. The molecular formula is C29H26N2O6S. The number of methoxy groups -OCH3 is 3. The van der Waals surface area contributed by atoms with Crippen LogP contribution in [0.5, 0.6) is 17.2 Å². The summed E-state index contributed by atoms with van der Waals surface area (Å²) in [5.74, 6) is -0.340. The molecule has 38 heavy (non-hydrogen) atoms. The van der Waals surface area contributed by atoms with E-state index in [9.17, 15) is 14.7 Å². The molecule has 1 amide bonds. The van der Waals surface area contributed by atoms with E-state index in [2.05, 4.69) is 4.98 Å². The van der Waals surface area contributed by atoms with Crippen molar-refractivity contribution in [3.8, 4) is 17.2 Å². The summed E-state index contributed by atoms with van der Waals surface area (Å²) in [5.41, 5.74) is 3.32. The van der Waals surface area contributed by atoms with Gasteiger partial charge in [-0.1, -0.05) is 17.4 Å². The predicted molar refractivity (Wildman–Crippen MR) is 146 cm³/mol. The number of ether oxygens (including phenoxy) is 3. The molecule has 0 aliphatic carbocycles. The van der Waals surface area contributed by atoms with E-state index in [1.807, 2.05) is 32.0 Å². The van der Waals surface area contributed by atoms with Crippen molar-refractivity contribution in [2.45, 2.75) is 19.9 Å². The van der Waals surface area contributed by atoms with Gasteiger partial charge in [-0.15, -0.1) is 0 Å². The molecule has 0 radical (unpaired) electrons. The Morgan fingerprint density at radius 3 is 2.34 bits per heavy atom. The standard InChI is InChI=1S/C29H26N2O6S/c1-15-6-9-20-23(12-15)38-29(30-20)31-25(19-14-18(35-3)8-11-22(19)37-5)24(27(33)28(31)34)26(32)17-7-10-21(36-4)16(2)13-17/h6-14,25,32H,1-5H3/t25-/m1/s1. The normalized spacial score (nSPS) is 16.8. The fraction of sp³-hybridized carbons (Fsp3) is 0.207. The number of thiazole rings is 1. The van der Waals surface area contributed by atoms with E-state index in [-0.39, 0.29) is 11.3 Å². The summed E-state index contributed by atoms with van der Waals surface area (Å²) in [5, 5.41) is 11.8. The van der Waals surface area contributed by atoms with Crippen molar-refractivity contribution < 1.29 is 28.9 Å². The third-order valence-corrected chi connectivity index (χ3v) is 7.60. The molecule has 1 aliphatic rings. The molecule has 0 spiro atoms. The van der Waals surface area contributed by atoms with E-state index in [1.54, 1.807) is 43.5 Å². The van der Waals surface area contributed by atoms with Gasteiger partial charge < -0.3 is 19.3 Å². The van der Waals surface area contributed by atoms with Gasteiger partial charge in [0.05, 0.1) is 37.1 Å². The van der Waals surface area contributed by atoms with Crippen molar-refractivity contribution in [3.63, 3.8) is 0 Å². The van der Waals surface area contributed by atoms with Crippen molar-refractivity contribution in [2.75, 3.05) is 26.2 Å². The van der Waals surface area contributed by atoms with Gasteiger partial charge in [-0.05, 0) is 73.5 Å². The SMILES string of the molecule is COc1ccc(OC)c([C@@H]2C(=C(O)c3ccc(OC)c(C)c3)C(=O)C(=O)N2c2nc3ccc(C)cc3s2)c1. The maximum Gasteiger partial charge on any atom is 0.301 e. The highest BCUT2D eigenvalue weighted by molar-refractivity contribution is 7.22. The number of carbonyl (C=O) groups excluding carboxylic acids is 2. The second-order valence-electron chi connectivity index (χ2n) is 8.93. The lowest BCUT2D eigenvalue weighted by molar-refractivity contribution is -0.132. The Kier molecular flexibility index (Phi) is 6.54. The highest BCUT2D eigenvalue weighted by atomic mass is 32.1. The number of anilines is 1. The lowest BCUT2D eigenvalue weighted by atomic mass is 9.94. The van der Waals surface area contributed by atoms with Gasteiger partial charge in [0, 0.05) is 11.1 Å². The van der Waals surface area contributed by atoms with Crippen LogP contribution in [0, 0.1) is 13.8 Å². The van der Waals surface area contributed by atoms with Gasteiger partial charge >= 0.3 is 5.91 Å². The molecule has 0 bridgehead atoms. The molecular weight excluding hydrogens is 504 g/mol. The summed E-state index contributed by atoms with van der Waals surface area (Å²) in [6, 6.07) is 15.0. The monoisotopic (exact) mass is 530 g/mol. The van der Waals surface area contributed by atoms with E-state index in [0.29, 0.717) is 39.0 Å². The highest BCUT2D eigenvalue weighted by Crippen LogP contribution is 2.47. The molecule has 1 N–H and O–H groups in total. The molecule has 194 valence electrons.